The van der Waals surface area contributed by atoms with Crippen molar-refractivity contribution in [3.05, 3.63) is 35.9 Å². The van der Waals surface area contributed by atoms with Crippen molar-refractivity contribution in [3.8, 4) is 0 Å². The molecule has 0 amide bonds. The molecule has 3 rings (SSSR count). The SMILES string of the molecule is O=S(=O)(N1CCCC1)N1CCOC(Cc2ccccc2)C1. The lowest BCUT2D eigenvalue weighted by molar-refractivity contribution is -0.00203. The molecule has 116 valence electrons. The van der Waals surface area contributed by atoms with Gasteiger partial charge in [0.05, 0.1) is 12.7 Å². The zero-order valence-electron chi connectivity index (χ0n) is 12.1. The minimum Gasteiger partial charge on any atom is -0.375 e. The molecule has 0 aromatic heterocycles. The van der Waals surface area contributed by atoms with Crippen LogP contribution in [0.3, 0.4) is 0 Å². The number of nitrogens with zero attached hydrogens (tertiary/aromatic N) is 2. The molecule has 1 unspecified atom stereocenters. The third-order valence-electron chi connectivity index (χ3n) is 4.13. The van der Waals surface area contributed by atoms with Gasteiger partial charge in [-0.2, -0.15) is 17.0 Å². The lowest BCUT2D eigenvalue weighted by Gasteiger charge is -2.34. The van der Waals surface area contributed by atoms with Gasteiger partial charge in [0.2, 0.25) is 0 Å². The molecule has 0 radical (unpaired) electrons. The molecule has 0 N–H and O–H groups in total. The van der Waals surface area contributed by atoms with E-state index in [1.807, 2.05) is 18.2 Å². The number of ether oxygens (including phenoxy) is 1. The number of morpholine rings is 1. The van der Waals surface area contributed by atoms with Crippen molar-refractivity contribution in [1.82, 2.24) is 8.61 Å². The van der Waals surface area contributed by atoms with Crippen LogP contribution < -0.4 is 0 Å². The van der Waals surface area contributed by atoms with Gasteiger partial charge in [0.15, 0.2) is 0 Å². The lowest BCUT2D eigenvalue weighted by Crippen LogP contribution is -2.51. The Labute approximate surface area is 126 Å². The second kappa shape index (κ2) is 6.44. The summed E-state index contributed by atoms with van der Waals surface area (Å²) in [4.78, 5) is 0. The van der Waals surface area contributed by atoms with Crippen molar-refractivity contribution >= 4 is 10.2 Å². The number of benzene rings is 1. The highest BCUT2D eigenvalue weighted by Crippen LogP contribution is 2.20. The largest absolute Gasteiger partial charge is 0.375 e. The number of hydrogen-bond acceptors (Lipinski definition) is 3. The number of rotatable bonds is 4. The van der Waals surface area contributed by atoms with Gasteiger partial charge < -0.3 is 4.74 Å². The Morgan fingerprint density at radius 1 is 1.05 bits per heavy atom. The minimum atomic E-state index is -3.30. The second-order valence-electron chi connectivity index (χ2n) is 5.65. The van der Waals surface area contributed by atoms with Crippen LogP contribution in [-0.2, 0) is 21.4 Å². The van der Waals surface area contributed by atoms with Gasteiger partial charge >= 0.3 is 0 Å². The van der Waals surface area contributed by atoms with Crippen molar-refractivity contribution in [1.29, 1.82) is 0 Å². The van der Waals surface area contributed by atoms with E-state index in [1.54, 1.807) is 8.61 Å². The summed E-state index contributed by atoms with van der Waals surface area (Å²) in [5.74, 6) is 0. The molecular weight excluding hydrogens is 288 g/mol. The molecular formula is C15H22N2O3S. The Kier molecular flexibility index (Phi) is 4.59. The van der Waals surface area contributed by atoms with E-state index >= 15 is 0 Å². The lowest BCUT2D eigenvalue weighted by atomic mass is 10.1. The molecule has 1 aromatic carbocycles. The van der Waals surface area contributed by atoms with Gasteiger partial charge in [0.1, 0.15) is 0 Å². The van der Waals surface area contributed by atoms with E-state index < -0.39 is 10.2 Å². The van der Waals surface area contributed by atoms with Crippen molar-refractivity contribution in [3.63, 3.8) is 0 Å². The normalized spacial score (nSPS) is 25.2. The van der Waals surface area contributed by atoms with Crippen molar-refractivity contribution in [2.75, 3.05) is 32.8 Å². The summed E-state index contributed by atoms with van der Waals surface area (Å²) in [6.07, 6.45) is 2.64. The predicted molar refractivity (Wildman–Crippen MR) is 81.2 cm³/mol. The zero-order chi connectivity index (χ0) is 14.7. The molecule has 1 aromatic rings. The third kappa shape index (κ3) is 3.45. The van der Waals surface area contributed by atoms with Crippen LogP contribution in [0.15, 0.2) is 30.3 Å². The average molecular weight is 310 g/mol. The molecule has 21 heavy (non-hydrogen) atoms. The molecule has 0 aliphatic carbocycles. The fraction of sp³-hybridized carbons (Fsp3) is 0.600. The third-order valence-corrected chi connectivity index (χ3v) is 6.13. The van der Waals surface area contributed by atoms with E-state index in [1.165, 1.54) is 5.56 Å². The molecule has 6 heteroatoms. The van der Waals surface area contributed by atoms with E-state index in [0.29, 0.717) is 32.8 Å². The Hall–Kier alpha value is -0.950. The first-order chi connectivity index (χ1) is 10.2. The highest BCUT2D eigenvalue weighted by molar-refractivity contribution is 7.86. The van der Waals surface area contributed by atoms with Gasteiger partial charge in [-0.25, -0.2) is 0 Å². The van der Waals surface area contributed by atoms with Crippen LogP contribution in [0.2, 0.25) is 0 Å². The van der Waals surface area contributed by atoms with E-state index in [9.17, 15) is 8.42 Å². The average Bonchev–Trinajstić information content (AvgIpc) is 3.04. The van der Waals surface area contributed by atoms with Crippen LogP contribution in [0.1, 0.15) is 18.4 Å². The highest BCUT2D eigenvalue weighted by Gasteiger charge is 2.35. The van der Waals surface area contributed by atoms with Crippen LogP contribution in [-0.4, -0.2) is 55.9 Å². The first-order valence-electron chi connectivity index (χ1n) is 7.57. The molecule has 1 atom stereocenters. The maximum Gasteiger partial charge on any atom is 0.282 e. The van der Waals surface area contributed by atoms with Crippen molar-refractivity contribution < 1.29 is 13.2 Å². The van der Waals surface area contributed by atoms with Gasteiger partial charge in [-0.15, -0.1) is 0 Å². The molecule has 2 aliphatic heterocycles. The molecule has 2 heterocycles. The highest BCUT2D eigenvalue weighted by atomic mass is 32.2. The van der Waals surface area contributed by atoms with Crippen LogP contribution in [0.5, 0.6) is 0 Å². The topological polar surface area (TPSA) is 49.9 Å². The predicted octanol–water partition coefficient (Wildman–Crippen LogP) is 1.27. The molecule has 0 bridgehead atoms. The Balaban J connectivity index is 1.65. The molecule has 0 saturated carbocycles. The second-order valence-corrected chi connectivity index (χ2v) is 7.58. The first-order valence-corrected chi connectivity index (χ1v) is 8.97. The summed E-state index contributed by atoms with van der Waals surface area (Å²) >= 11 is 0. The Bertz CT molecular complexity index is 556. The molecule has 2 fully saturated rings. The smallest absolute Gasteiger partial charge is 0.282 e. The monoisotopic (exact) mass is 310 g/mol. The van der Waals surface area contributed by atoms with Gasteiger partial charge in [-0.3, -0.25) is 0 Å². The summed E-state index contributed by atoms with van der Waals surface area (Å²) in [6.45, 7) is 2.70. The molecule has 2 saturated heterocycles. The van der Waals surface area contributed by atoms with Crippen molar-refractivity contribution in [2.45, 2.75) is 25.4 Å². The summed E-state index contributed by atoms with van der Waals surface area (Å²) in [5.41, 5.74) is 1.18. The fourth-order valence-corrected chi connectivity index (χ4v) is 4.69. The molecule has 2 aliphatic rings. The summed E-state index contributed by atoms with van der Waals surface area (Å²) in [5, 5.41) is 0. The fourth-order valence-electron chi connectivity index (χ4n) is 2.98. The van der Waals surface area contributed by atoms with Crippen molar-refractivity contribution in [2.24, 2.45) is 0 Å². The Morgan fingerprint density at radius 3 is 2.48 bits per heavy atom. The van der Waals surface area contributed by atoms with Gasteiger partial charge in [-0.1, -0.05) is 30.3 Å². The molecule has 5 nitrogen and oxygen atoms in total. The van der Waals surface area contributed by atoms with E-state index in [2.05, 4.69) is 12.1 Å². The van der Waals surface area contributed by atoms with Gasteiger partial charge in [0.25, 0.3) is 10.2 Å². The quantitative estimate of drug-likeness (QED) is 0.841. The summed E-state index contributed by atoms with van der Waals surface area (Å²) in [6, 6.07) is 10.1. The summed E-state index contributed by atoms with van der Waals surface area (Å²) in [7, 11) is -3.30. The standard InChI is InChI=1S/C15H22N2O3S/c18-21(19,16-8-4-5-9-16)17-10-11-20-15(13-17)12-14-6-2-1-3-7-14/h1-3,6-7,15H,4-5,8-13H2. The Morgan fingerprint density at radius 2 is 1.76 bits per heavy atom. The van der Waals surface area contributed by atoms with Gasteiger partial charge in [-0.05, 0) is 24.8 Å². The molecule has 0 spiro atoms. The van der Waals surface area contributed by atoms with E-state index in [0.717, 1.165) is 19.3 Å². The van der Waals surface area contributed by atoms with Crippen LogP contribution in [0, 0.1) is 0 Å². The maximum absolute atomic E-state index is 12.6. The minimum absolute atomic E-state index is 0.0569. The number of hydrogen-bond donors (Lipinski definition) is 0. The van der Waals surface area contributed by atoms with Crippen LogP contribution >= 0.6 is 0 Å². The van der Waals surface area contributed by atoms with E-state index in [-0.39, 0.29) is 6.10 Å². The van der Waals surface area contributed by atoms with E-state index in [4.69, 9.17) is 4.74 Å². The zero-order valence-corrected chi connectivity index (χ0v) is 13.0. The maximum atomic E-state index is 12.6. The van der Waals surface area contributed by atoms with Crippen LogP contribution in [0.25, 0.3) is 0 Å². The van der Waals surface area contributed by atoms with Gasteiger partial charge in [0, 0.05) is 26.2 Å². The van der Waals surface area contributed by atoms with Crippen LogP contribution in [0.4, 0.5) is 0 Å². The first kappa shape index (κ1) is 15.0. The summed E-state index contributed by atoms with van der Waals surface area (Å²) < 4.78 is 34.1.